The molecule has 0 saturated heterocycles. The number of hydrogen-bond acceptors (Lipinski definition) is 2. The number of benzene rings is 1. The topological polar surface area (TPSA) is 49.0 Å². The van der Waals surface area contributed by atoms with Crippen molar-refractivity contribution in [3.05, 3.63) is 52.3 Å². The molecule has 18 heavy (non-hydrogen) atoms. The first-order valence-corrected chi connectivity index (χ1v) is 5.96. The van der Waals surface area contributed by atoms with Crippen LogP contribution in [0.2, 0.25) is 5.02 Å². The number of hydrogen-bond donors (Lipinski definition) is 1. The first-order valence-electron chi connectivity index (χ1n) is 5.58. The number of aromatic amines is 1. The van der Waals surface area contributed by atoms with Gasteiger partial charge in [-0.3, -0.25) is 9.89 Å². The van der Waals surface area contributed by atoms with Gasteiger partial charge in [0, 0.05) is 24.3 Å². The Morgan fingerprint density at radius 2 is 2.17 bits per heavy atom. The zero-order valence-electron chi connectivity index (χ0n) is 10.3. The summed E-state index contributed by atoms with van der Waals surface area (Å²) in [4.78, 5) is 13.8. The molecule has 0 spiro atoms. The maximum Gasteiger partial charge on any atom is 0.257 e. The van der Waals surface area contributed by atoms with Crippen molar-refractivity contribution in [3.63, 3.8) is 0 Å². The molecule has 0 fully saturated rings. The monoisotopic (exact) mass is 263 g/mol. The minimum atomic E-state index is -0.0684. The fourth-order valence-corrected chi connectivity index (χ4v) is 1.92. The average Bonchev–Trinajstić information content (AvgIpc) is 2.77. The SMILES string of the molecule is Cc1[nH]ncc1C(=O)N(C)Cc1ccccc1Cl. The van der Waals surface area contributed by atoms with Crippen LogP contribution in [0.5, 0.6) is 0 Å². The molecular formula is C13H14ClN3O. The van der Waals surface area contributed by atoms with E-state index in [1.54, 1.807) is 18.1 Å². The summed E-state index contributed by atoms with van der Waals surface area (Å²) in [5, 5.41) is 7.27. The van der Waals surface area contributed by atoms with Crippen LogP contribution in [0.3, 0.4) is 0 Å². The van der Waals surface area contributed by atoms with E-state index in [9.17, 15) is 4.79 Å². The van der Waals surface area contributed by atoms with E-state index in [4.69, 9.17) is 11.6 Å². The molecule has 1 aromatic carbocycles. The number of amides is 1. The maximum absolute atomic E-state index is 12.2. The Morgan fingerprint density at radius 1 is 1.44 bits per heavy atom. The number of carbonyl (C=O) groups excluding carboxylic acids is 1. The number of rotatable bonds is 3. The van der Waals surface area contributed by atoms with Gasteiger partial charge in [-0.2, -0.15) is 5.10 Å². The predicted octanol–water partition coefficient (Wildman–Crippen LogP) is 2.64. The number of H-pyrrole nitrogens is 1. The Morgan fingerprint density at radius 3 is 2.78 bits per heavy atom. The van der Waals surface area contributed by atoms with Gasteiger partial charge in [-0.05, 0) is 18.6 Å². The van der Waals surface area contributed by atoms with E-state index in [0.717, 1.165) is 11.3 Å². The number of carbonyl (C=O) groups is 1. The van der Waals surface area contributed by atoms with E-state index in [1.807, 2.05) is 31.2 Å². The molecule has 0 radical (unpaired) electrons. The normalized spacial score (nSPS) is 10.4. The summed E-state index contributed by atoms with van der Waals surface area (Å²) in [6, 6.07) is 7.50. The lowest BCUT2D eigenvalue weighted by Gasteiger charge is -2.17. The first kappa shape index (κ1) is 12.6. The van der Waals surface area contributed by atoms with Gasteiger partial charge in [-0.15, -0.1) is 0 Å². The van der Waals surface area contributed by atoms with E-state index in [1.165, 1.54) is 0 Å². The molecule has 0 aliphatic heterocycles. The molecule has 2 rings (SSSR count). The second-order valence-corrected chi connectivity index (χ2v) is 4.57. The third kappa shape index (κ3) is 2.54. The number of nitrogens with one attached hydrogen (secondary N) is 1. The van der Waals surface area contributed by atoms with Gasteiger partial charge in [-0.1, -0.05) is 29.8 Å². The molecule has 0 unspecified atom stereocenters. The minimum Gasteiger partial charge on any atom is -0.337 e. The van der Waals surface area contributed by atoms with E-state index >= 15 is 0 Å². The highest BCUT2D eigenvalue weighted by atomic mass is 35.5. The van der Waals surface area contributed by atoms with E-state index in [2.05, 4.69) is 10.2 Å². The van der Waals surface area contributed by atoms with Gasteiger partial charge in [0.25, 0.3) is 5.91 Å². The molecule has 4 nitrogen and oxygen atoms in total. The van der Waals surface area contributed by atoms with Crippen LogP contribution in [-0.4, -0.2) is 28.1 Å². The molecule has 5 heteroatoms. The molecule has 0 saturated carbocycles. The van der Waals surface area contributed by atoms with Crippen LogP contribution in [-0.2, 0) is 6.54 Å². The maximum atomic E-state index is 12.2. The van der Waals surface area contributed by atoms with Gasteiger partial charge in [0.1, 0.15) is 0 Å². The minimum absolute atomic E-state index is 0.0684. The van der Waals surface area contributed by atoms with Gasteiger partial charge >= 0.3 is 0 Å². The summed E-state index contributed by atoms with van der Waals surface area (Å²) in [7, 11) is 1.75. The van der Waals surface area contributed by atoms with Crippen molar-refractivity contribution in [3.8, 4) is 0 Å². The zero-order valence-corrected chi connectivity index (χ0v) is 11.0. The third-order valence-corrected chi connectivity index (χ3v) is 3.14. The predicted molar refractivity (Wildman–Crippen MR) is 70.6 cm³/mol. The van der Waals surface area contributed by atoms with Crippen LogP contribution in [0.25, 0.3) is 0 Å². The van der Waals surface area contributed by atoms with Crippen LogP contribution in [0, 0.1) is 6.92 Å². The number of aromatic nitrogens is 2. The summed E-state index contributed by atoms with van der Waals surface area (Å²) in [5.41, 5.74) is 2.28. The van der Waals surface area contributed by atoms with Gasteiger partial charge in [0.05, 0.1) is 11.8 Å². The number of aryl methyl sites for hydroxylation is 1. The molecule has 1 aromatic heterocycles. The van der Waals surface area contributed by atoms with Crippen molar-refractivity contribution >= 4 is 17.5 Å². The fourth-order valence-electron chi connectivity index (χ4n) is 1.73. The lowest BCUT2D eigenvalue weighted by Crippen LogP contribution is -2.26. The smallest absolute Gasteiger partial charge is 0.257 e. The van der Waals surface area contributed by atoms with Crippen LogP contribution < -0.4 is 0 Å². The molecule has 0 aliphatic rings. The molecule has 0 atom stereocenters. The summed E-state index contributed by atoms with van der Waals surface area (Å²) in [6.07, 6.45) is 1.54. The van der Waals surface area contributed by atoms with Crippen molar-refractivity contribution < 1.29 is 4.79 Å². The second-order valence-electron chi connectivity index (χ2n) is 4.16. The molecule has 1 N–H and O–H groups in total. The summed E-state index contributed by atoms with van der Waals surface area (Å²) in [5.74, 6) is -0.0684. The van der Waals surface area contributed by atoms with Gasteiger partial charge in [0.2, 0.25) is 0 Å². The lowest BCUT2D eigenvalue weighted by molar-refractivity contribution is 0.0784. The molecular weight excluding hydrogens is 250 g/mol. The highest BCUT2D eigenvalue weighted by molar-refractivity contribution is 6.31. The quantitative estimate of drug-likeness (QED) is 0.926. The Hall–Kier alpha value is -1.81. The van der Waals surface area contributed by atoms with Crippen molar-refractivity contribution in [2.24, 2.45) is 0 Å². The van der Waals surface area contributed by atoms with Crippen LogP contribution in [0.15, 0.2) is 30.5 Å². The lowest BCUT2D eigenvalue weighted by atomic mass is 10.2. The van der Waals surface area contributed by atoms with Crippen LogP contribution in [0.4, 0.5) is 0 Å². The molecule has 2 aromatic rings. The summed E-state index contributed by atoms with van der Waals surface area (Å²) < 4.78 is 0. The van der Waals surface area contributed by atoms with Gasteiger partial charge in [-0.25, -0.2) is 0 Å². The van der Waals surface area contributed by atoms with Crippen LogP contribution in [0.1, 0.15) is 21.6 Å². The van der Waals surface area contributed by atoms with Gasteiger partial charge in [0.15, 0.2) is 0 Å². The van der Waals surface area contributed by atoms with E-state index in [0.29, 0.717) is 17.1 Å². The number of nitrogens with zero attached hydrogens (tertiary/aromatic N) is 2. The Bertz CT molecular complexity index is 565. The zero-order chi connectivity index (χ0) is 13.1. The molecule has 94 valence electrons. The Balaban J connectivity index is 2.14. The summed E-state index contributed by atoms with van der Waals surface area (Å²) in [6.45, 7) is 2.30. The van der Waals surface area contributed by atoms with Gasteiger partial charge < -0.3 is 4.90 Å². The standard InChI is InChI=1S/C13H14ClN3O/c1-9-11(7-15-16-9)13(18)17(2)8-10-5-3-4-6-12(10)14/h3-7H,8H2,1-2H3,(H,15,16). The first-order chi connectivity index (χ1) is 8.59. The second kappa shape index (κ2) is 5.23. The largest absolute Gasteiger partial charge is 0.337 e. The van der Waals surface area contributed by atoms with Crippen molar-refractivity contribution in [2.45, 2.75) is 13.5 Å². The highest BCUT2D eigenvalue weighted by Gasteiger charge is 2.16. The van der Waals surface area contributed by atoms with Crippen molar-refractivity contribution in [1.29, 1.82) is 0 Å². The molecule has 0 aliphatic carbocycles. The fraction of sp³-hybridized carbons (Fsp3) is 0.231. The van der Waals surface area contributed by atoms with E-state index in [-0.39, 0.29) is 5.91 Å². The Kier molecular flexibility index (Phi) is 3.67. The third-order valence-electron chi connectivity index (χ3n) is 2.77. The number of halogens is 1. The van der Waals surface area contributed by atoms with E-state index < -0.39 is 0 Å². The Labute approximate surface area is 111 Å². The average molecular weight is 264 g/mol. The summed E-state index contributed by atoms with van der Waals surface area (Å²) >= 11 is 6.07. The highest BCUT2D eigenvalue weighted by Crippen LogP contribution is 2.17. The molecule has 1 amide bonds. The molecule has 0 bridgehead atoms. The molecule has 1 heterocycles. The van der Waals surface area contributed by atoms with Crippen molar-refractivity contribution in [2.75, 3.05) is 7.05 Å². The van der Waals surface area contributed by atoms with Crippen molar-refractivity contribution in [1.82, 2.24) is 15.1 Å². The van der Waals surface area contributed by atoms with Crippen LogP contribution >= 0.6 is 11.6 Å².